The van der Waals surface area contributed by atoms with Gasteiger partial charge in [0.25, 0.3) is 0 Å². The van der Waals surface area contributed by atoms with E-state index in [0.717, 1.165) is 0 Å². The van der Waals surface area contributed by atoms with Crippen molar-refractivity contribution < 1.29 is 22.3 Å². The topological polar surface area (TPSA) is 9.23 Å². The minimum Gasteiger partial charge on any atom is -0.371 e. The van der Waals surface area contributed by atoms with Crippen molar-refractivity contribution in [1.82, 2.24) is 0 Å². The Morgan fingerprint density at radius 3 is 2.25 bits per heavy atom. The van der Waals surface area contributed by atoms with Crippen molar-refractivity contribution in [1.29, 1.82) is 0 Å². The lowest BCUT2D eigenvalue weighted by Gasteiger charge is -2.43. The Kier molecular flexibility index (Phi) is 2.33. The second-order valence-electron chi connectivity index (χ2n) is 2.89. The summed E-state index contributed by atoms with van der Waals surface area (Å²) in [5, 5.41) is 0. The van der Waals surface area contributed by atoms with Crippen molar-refractivity contribution in [3.63, 3.8) is 0 Å². The van der Waals surface area contributed by atoms with Crippen molar-refractivity contribution in [3.8, 4) is 0 Å². The SMILES string of the molecule is CCCO[C@H]1CC(F)(F)C1(F)F. The molecule has 0 bridgehead atoms. The van der Waals surface area contributed by atoms with Gasteiger partial charge in [0.15, 0.2) is 0 Å². The monoisotopic (exact) mass is 186 g/mol. The molecule has 12 heavy (non-hydrogen) atoms. The Balaban J connectivity index is 2.43. The first-order valence-electron chi connectivity index (χ1n) is 3.79. The van der Waals surface area contributed by atoms with E-state index >= 15 is 0 Å². The smallest absolute Gasteiger partial charge is 0.335 e. The molecular formula is C7H10F4O. The second-order valence-corrected chi connectivity index (χ2v) is 2.89. The van der Waals surface area contributed by atoms with E-state index in [1.54, 1.807) is 6.92 Å². The Bertz CT molecular complexity index is 169. The molecule has 1 atom stereocenters. The van der Waals surface area contributed by atoms with Crippen molar-refractivity contribution in [2.75, 3.05) is 6.61 Å². The van der Waals surface area contributed by atoms with Crippen LogP contribution in [0.4, 0.5) is 17.6 Å². The Morgan fingerprint density at radius 1 is 1.33 bits per heavy atom. The molecule has 1 aliphatic carbocycles. The summed E-state index contributed by atoms with van der Waals surface area (Å²) in [6.07, 6.45) is -1.90. The predicted octanol–water partition coefficient (Wildman–Crippen LogP) is 2.46. The summed E-state index contributed by atoms with van der Waals surface area (Å²) < 4.78 is 53.7. The average molecular weight is 186 g/mol. The van der Waals surface area contributed by atoms with Crippen molar-refractivity contribution >= 4 is 0 Å². The molecule has 1 rings (SSSR count). The summed E-state index contributed by atoms with van der Waals surface area (Å²) in [4.78, 5) is 0. The molecule has 0 unspecified atom stereocenters. The maximum absolute atomic E-state index is 12.4. The van der Waals surface area contributed by atoms with Crippen LogP contribution in [-0.2, 0) is 4.74 Å². The number of alkyl halides is 4. The highest BCUT2D eigenvalue weighted by Gasteiger charge is 2.72. The van der Waals surface area contributed by atoms with Gasteiger partial charge >= 0.3 is 11.8 Å². The average Bonchev–Trinajstić information content (AvgIpc) is 1.97. The predicted molar refractivity (Wildman–Crippen MR) is 34.5 cm³/mol. The molecule has 0 N–H and O–H groups in total. The highest BCUT2D eigenvalue weighted by atomic mass is 19.3. The lowest BCUT2D eigenvalue weighted by Crippen LogP contribution is -2.63. The van der Waals surface area contributed by atoms with Crippen molar-refractivity contribution in [2.24, 2.45) is 0 Å². The van der Waals surface area contributed by atoms with E-state index in [-0.39, 0.29) is 6.61 Å². The van der Waals surface area contributed by atoms with Gasteiger partial charge < -0.3 is 4.74 Å². The molecule has 0 aromatic heterocycles. The van der Waals surface area contributed by atoms with Crippen LogP contribution in [0.2, 0.25) is 0 Å². The molecule has 5 heteroatoms. The largest absolute Gasteiger partial charge is 0.371 e. The maximum atomic E-state index is 12.4. The van der Waals surface area contributed by atoms with Gasteiger partial charge in [0.05, 0.1) is 6.42 Å². The van der Waals surface area contributed by atoms with Crippen molar-refractivity contribution in [2.45, 2.75) is 37.7 Å². The second kappa shape index (κ2) is 2.87. The van der Waals surface area contributed by atoms with Crippen LogP contribution in [0, 0.1) is 0 Å². The van der Waals surface area contributed by atoms with Gasteiger partial charge in [-0.1, -0.05) is 6.92 Å². The van der Waals surface area contributed by atoms with Gasteiger partial charge in [-0.25, -0.2) is 0 Å². The van der Waals surface area contributed by atoms with Crippen LogP contribution in [0.3, 0.4) is 0 Å². The van der Waals surface area contributed by atoms with Gasteiger partial charge in [0, 0.05) is 6.61 Å². The summed E-state index contributed by atoms with van der Waals surface area (Å²) in [5.41, 5.74) is 0. The number of ether oxygens (including phenoxy) is 1. The Hall–Kier alpha value is -0.320. The molecule has 1 saturated carbocycles. The van der Waals surface area contributed by atoms with E-state index in [4.69, 9.17) is 0 Å². The first-order chi connectivity index (χ1) is 5.42. The molecule has 0 spiro atoms. The summed E-state index contributed by atoms with van der Waals surface area (Å²) in [6.45, 7) is 1.84. The third kappa shape index (κ3) is 1.30. The Morgan fingerprint density at radius 2 is 1.92 bits per heavy atom. The highest BCUT2D eigenvalue weighted by Crippen LogP contribution is 2.52. The molecule has 1 aliphatic rings. The van der Waals surface area contributed by atoms with Gasteiger partial charge in [0.1, 0.15) is 6.10 Å². The van der Waals surface area contributed by atoms with E-state index in [1.165, 1.54) is 0 Å². The third-order valence-corrected chi connectivity index (χ3v) is 1.86. The van der Waals surface area contributed by atoms with Gasteiger partial charge in [-0.2, -0.15) is 17.6 Å². The summed E-state index contributed by atoms with van der Waals surface area (Å²) in [6, 6.07) is 0. The van der Waals surface area contributed by atoms with Crippen LogP contribution in [0.15, 0.2) is 0 Å². The van der Waals surface area contributed by atoms with Gasteiger partial charge in [0.2, 0.25) is 0 Å². The van der Waals surface area contributed by atoms with E-state index < -0.39 is 24.4 Å². The number of hydrogen-bond donors (Lipinski definition) is 0. The fraction of sp³-hybridized carbons (Fsp3) is 1.00. The van der Waals surface area contributed by atoms with Crippen LogP contribution in [-0.4, -0.2) is 24.6 Å². The molecule has 0 amide bonds. The van der Waals surface area contributed by atoms with Crippen LogP contribution in [0.25, 0.3) is 0 Å². The van der Waals surface area contributed by atoms with Gasteiger partial charge in [-0.3, -0.25) is 0 Å². The standard InChI is InChI=1S/C7H10F4O/c1-2-3-12-5-4-6(8,9)7(5,10)11/h5H,2-4H2,1H3/t5-/m0/s1. The molecule has 72 valence electrons. The maximum Gasteiger partial charge on any atom is 0.335 e. The lowest BCUT2D eigenvalue weighted by atomic mass is 9.85. The fourth-order valence-corrected chi connectivity index (χ4v) is 1.03. The molecule has 1 fully saturated rings. The summed E-state index contributed by atoms with van der Waals surface area (Å²) >= 11 is 0. The third-order valence-electron chi connectivity index (χ3n) is 1.86. The van der Waals surface area contributed by atoms with Crippen LogP contribution in [0.5, 0.6) is 0 Å². The number of halogens is 4. The van der Waals surface area contributed by atoms with Gasteiger partial charge in [-0.05, 0) is 6.42 Å². The van der Waals surface area contributed by atoms with Gasteiger partial charge in [-0.15, -0.1) is 0 Å². The molecular weight excluding hydrogens is 176 g/mol. The first kappa shape index (κ1) is 9.77. The normalized spacial score (nSPS) is 31.2. The van der Waals surface area contributed by atoms with Crippen LogP contribution in [0.1, 0.15) is 19.8 Å². The van der Waals surface area contributed by atoms with Crippen LogP contribution >= 0.6 is 0 Å². The zero-order valence-electron chi connectivity index (χ0n) is 6.62. The minimum atomic E-state index is -3.97. The molecule has 0 heterocycles. The zero-order valence-corrected chi connectivity index (χ0v) is 6.62. The molecule has 0 saturated heterocycles. The molecule has 0 aromatic rings. The highest BCUT2D eigenvalue weighted by molar-refractivity contribution is 5.04. The Labute approximate surface area is 67.7 Å². The quantitative estimate of drug-likeness (QED) is 0.615. The molecule has 0 aliphatic heterocycles. The van der Waals surface area contributed by atoms with E-state index in [2.05, 4.69) is 4.74 Å². The first-order valence-corrected chi connectivity index (χ1v) is 3.79. The summed E-state index contributed by atoms with van der Waals surface area (Å²) in [5.74, 6) is -7.84. The molecule has 0 aromatic carbocycles. The number of hydrogen-bond acceptors (Lipinski definition) is 1. The van der Waals surface area contributed by atoms with E-state index in [0.29, 0.717) is 6.42 Å². The van der Waals surface area contributed by atoms with Crippen LogP contribution < -0.4 is 0 Å². The zero-order chi connectivity index (χ0) is 9.41. The number of rotatable bonds is 3. The van der Waals surface area contributed by atoms with E-state index in [1.807, 2.05) is 0 Å². The molecule has 1 nitrogen and oxygen atoms in total. The molecule has 0 radical (unpaired) electrons. The lowest BCUT2D eigenvalue weighted by molar-refractivity contribution is -0.340. The summed E-state index contributed by atoms with van der Waals surface area (Å²) in [7, 11) is 0. The fourth-order valence-electron chi connectivity index (χ4n) is 1.03. The van der Waals surface area contributed by atoms with E-state index in [9.17, 15) is 17.6 Å². The van der Waals surface area contributed by atoms with Crippen molar-refractivity contribution in [3.05, 3.63) is 0 Å². The minimum absolute atomic E-state index is 0.107.